The average molecular weight is 504 g/mol. The van der Waals surface area contributed by atoms with Crippen LogP contribution in [0.25, 0.3) is 0 Å². The van der Waals surface area contributed by atoms with Gasteiger partial charge in [-0.25, -0.2) is 4.98 Å². The van der Waals surface area contributed by atoms with Crippen LogP contribution in [0.15, 0.2) is 27.9 Å². The Hall–Kier alpha value is -0.880. The molecule has 2 aromatic rings. The van der Waals surface area contributed by atoms with Crippen LogP contribution in [0.1, 0.15) is 15.6 Å². The first kappa shape index (κ1) is 22.2. The minimum atomic E-state index is -4.37. The van der Waals surface area contributed by atoms with E-state index in [1.807, 2.05) is 23.4 Å². The van der Waals surface area contributed by atoms with Gasteiger partial charge in [0.15, 0.2) is 11.7 Å². The van der Waals surface area contributed by atoms with E-state index in [-0.39, 0.29) is 24.0 Å². The molecule has 0 fully saturated rings. The fourth-order valence-corrected chi connectivity index (χ4v) is 3.56. The maximum absolute atomic E-state index is 12.5. The van der Waals surface area contributed by atoms with Gasteiger partial charge in [-0.3, -0.25) is 4.99 Å². The van der Waals surface area contributed by atoms with Crippen molar-refractivity contribution in [2.45, 2.75) is 19.0 Å². The maximum Gasteiger partial charge on any atom is 0.434 e. The van der Waals surface area contributed by atoms with Gasteiger partial charge >= 0.3 is 6.18 Å². The summed E-state index contributed by atoms with van der Waals surface area (Å²) in [6.45, 7) is 1.30. The van der Waals surface area contributed by atoms with E-state index in [9.17, 15) is 13.2 Å². The normalized spacial score (nSPS) is 12.0. The number of aromatic nitrogens is 1. The Morgan fingerprint density at radius 2 is 2.08 bits per heavy atom. The van der Waals surface area contributed by atoms with Crippen molar-refractivity contribution in [1.82, 2.24) is 15.2 Å². The van der Waals surface area contributed by atoms with Gasteiger partial charge in [-0.15, -0.1) is 46.7 Å². The number of guanidine groups is 1. The van der Waals surface area contributed by atoms with E-state index >= 15 is 0 Å². The van der Waals surface area contributed by atoms with Gasteiger partial charge in [-0.2, -0.15) is 13.2 Å². The quantitative estimate of drug-likeness (QED) is 0.366. The zero-order valence-electron chi connectivity index (χ0n) is 13.8. The van der Waals surface area contributed by atoms with Crippen molar-refractivity contribution >= 4 is 52.6 Å². The molecule has 0 amide bonds. The lowest BCUT2D eigenvalue weighted by atomic mass is 10.3. The first-order valence-electron chi connectivity index (χ1n) is 7.36. The average Bonchev–Trinajstić information content (AvgIpc) is 3.20. The molecule has 4 nitrogen and oxygen atoms in total. The summed E-state index contributed by atoms with van der Waals surface area (Å²) in [6.07, 6.45) is -3.02. The van der Waals surface area contributed by atoms with E-state index in [1.54, 1.807) is 18.4 Å². The third kappa shape index (κ3) is 7.10. The second-order valence-electron chi connectivity index (χ2n) is 5.10. The van der Waals surface area contributed by atoms with Crippen molar-refractivity contribution in [2.75, 3.05) is 27.2 Å². The Kier molecular flexibility index (Phi) is 9.14. The molecule has 2 aromatic heterocycles. The predicted octanol–water partition coefficient (Wildman–Crippen LogP) is 4.13. The topological polar surface area (TPSA) is 40.5 Å². The van der Waals surface area contributed by atoms with Crippen LogP contribution in [0.2, 0.25) is 0 Å². The number of rotatable bonds is 6. The van der Waals surface area contributed by atoms with Crippen molar-refractivity contribution in [2.24, 2.45) is 4.99 Å². The zero-order chi connectivity index (χ0) is 17.6. The second-order valence-corrected chi connectivity index (χ2v) is 7.07. The van der Waals surface area contributed by atoms with Crippen LogP contribution < -0.4 is 5.32 Å². The molecule has 25 heavy (non-hydrogen) atoms. The largest absolute Gasteiger partial charge is 0.434 e. The number of hydrogen-bond acceptors (Lipinski definition) is 4. The molecule has 0 aliphatic rings. The number of thiophene rings is 1. The van der Waals surface area contributed by atoms with Gasteiger partial charge in [0.1, 0.15) is 0 Å². The summed E-state index contributed by atoms with van der Waals surface area (Å²) in [5, 5.41) is 6.73. The highest BCUT2D eigenvalue weighted by atomic mass is 127. The molecule has 0 spiro atoms. The van der Waals surface area contributed by atoms with Gasteiger partial charge in [0, 0.05) is 43.9 Å². The number of aliphatic imine (C=N–C) groups is 1. The Morgan fingerprint density at radius 1 is 1.32 bits per heavy atom. The van der Waals surface area contributed by atoms with E-state index < -0.39 is 11.9 Å². The number of nitrogens with zero attached hydrogens (tertiary/aromatic N) is 3. The summed E-state index contributed by atoms with van der Waals surface area (Å²) in [4.78, 5) is 11.1. The highest BCUT2D eigenvalue weighted by Crippen LogP contribution is 2.29. The molecule has 2 heterocycles. The summed E-state index contributed by atoms with van der Waals surface area (Å²) in [5.41, 5.74) is -0.819. The van der Waals surface area contributed by atoms with E-state index in [1.165, 1.54) is 4.88 Å². The van der Waals surface area contributed by atoms with Crippen LogP contribution in [0.3, 0.4) is 0 Å². The molecule has 0 radical (unpaired) electrons. The third-order valence-electron chi connectivity index (χ3n) is 3.31. The lowest BCUT2D eigenvalue weighted by molar-refractivity contribution is -0.140. The summed E-state index contributed by atoms with van der Waals surface area (Å²) >= 11 is 2.75. The monoisotopic (exact) mass is 504 g/mol. The van der Waals surface area contributed by atoms with Crippen LogP contribution in [0.4, 0.5) is 13.2 Å². The van der Waals surface area contributed by atoms with Crippen LogP contribution >= 0.6 is 46.7 Å². The SMILES string of the molecule is CN=C(NCCc1nc(C(F)(F)F)cs1)N(C)CCc1cccs1.I. The zero-order valence-corrected chi connectivity index (χ0v) is 17.8. The lowest BCUT2D eigenvalue weighted by Crippen LogP contribution is -2.40. The molecule has 2 rings (SSSR count). The molecule has 10 heteroatoms. The van der Waals surface area contributed by atoms with E-state index in [2.05, 4.69) is 21.4 Å². The summed E-state index contributed by atoms with van der Waals surface area (Å²) in [5.74, 6) is 0.721. The molecule has 0 aliphatic heterocycles. The minimum Gasteiger partial charge on any atom is -0.356 e. The van der Waals surface area contributed by atoms with Gasteiger partial charge in [0.2, 0.25) is 0 Å². The molecule has 0 aromatic carbocycles. The number of hydrogen-bond donors (Lipinski definition) is 1. The Morgan fingerprint density at radius 3 is 2.64 bits per heavy atom. The molecule has 1 N–H and O–H groups in total. The molecule has 0 saturated heterocycles. The number of nitrogens with one attached hydrogen (secondary N) is 1. The summed E-state index contributed by atoms with van der Waals surface area (Å²) in [7, 11) is 3.63. The fourth-order valence-electron chi connectivity index (χ4n) is 2.06. The van der Waals surface area contributed by atoms with Crippen LogP contribution in [0, 0.1) is 0 Å². The van der Waals surface area contributed by atoms with Gasteiger partial charge < -0.3 is 10.2 Å². The van der Waals surface area contributed by atoms with Crippen LogP contribution in [0.5, 0.6) is 0 Å². The Balaban J connectivity index is 0.00000312. The molecule has 0 aliphatic carbocycles. The van der Waals surface area contributed by atoms with Crippen molar-refractivity contribution in [3.63, 3.8) is 0 Å². The number of halogens is 4. The smallest absolute Gasteiger partial charge is 0.356 e. The van der Waals surface area contributed by atoms with Crippen molar-refractivity contribution < 1.29 is 13.2 Å². The van der Waals surface area contributed by atoms with Crippen LogP contribution in [-0.2, 0) is 19.0 Å². The molecule has 0 bridgehead atoms. The standard InChI is InChI=1S/C15H19F3N4S2.HI/c1-19-14(22(2)8-6-11-4-3-9-23-11)20-7-5-13-21-12(10-24-13)15(16,17)18;/h3-4,9-10H,5-8H2,1-2H3,(H,19,20);1H. The molecule has 140 valence electrons. The van der Waals surface area contributed by atoms with Gasteiger partial charge in [0.05, 0.1) is 5.01 Å². The first-order valence-corrected chi connectivity index (χ1v) is 9.12. The highest BCUT2D eigenvalue weighted by molar-refractivity contribution is 14.0. The molecule has 0 atom stereocenters. The van der Waals surface area contributed by atoms with E-state index in [4.69, 9.17) is 0 Å². The van der Waals surface area contributed by atoms with E-state index in [0.717, 1.165) is 35.6 Å². The Labute approximate surface area is 170 Å². The molecule has 0 unspecified atom stereocenters. The Bertz CT molecular complexity index is 656. The fraction of sp³-hybridized carbons (Fsp3) is 0.467. The van der Waals surface area contributed by atoms with Gasteiger partial charge in [-0.1, -0.05) is 6.07 Å². The minimum absolute atomic E-state index is 0. The summed E-state index contributed by atoms with van der Waals surface area (Å²) in [6, 6.07) is 4.12. The number of thiazole rings is 1. The lowest BCUT2D eigenvalue weighted by Gasteiger charge is -2.21. The summed E-state index contributed by atoms with van der Waals surface area (Å²) < 4.78 is 37.6. The molecular weight excluding hydrogens is 484 g/mol. The van der Waals surface area contributed by atoms with Crippen molar-refractivity contribution in [1.29, 1.82) is 0 Å². The third-order valence-corrected chi connectivity index (χ3v) is 5.16. The number of likely N-dealkylation sites (N-methyl/N-ethyl adjacent to an activating group) is 1. The first-order chi connectivity index (χ1) is 11.4. The van der Waals surface area contributed by atoms with Crippen molar-refractivity contribution in [3.8, 4) is 0 Å². The van der Waals surface area contributed by atoms with Gasteiger partial charge in [-0.05, 0) is 17.9 Å². The predicted molar refractivity (Wildman–Crippen MR) is 108 cm³/mol. The maximum atomic E-state index is 12.5. The molecular formula is C15H20F3IN4S2. The van der Waals surface area contributed by atoms with Crippen molar-refractivity contribution in [3.05, 3.63) is 38.5 Å². The molecule has 0 saturated carbocycles. The highest BCUT2D eigenvalue weighted by Gasteiger charge is 2.33. The van der Waals surface area contributed by atoms with E-state index in [0.29, 0.717) is 18.0 Å². The van der Waals surface area contributed by atoms with Crippen LogP contribution in [-0.4, -0.2) is 43.0 Å². The second kappa shape index (κ2) is 10.3. The number of alkyl halides is 3. The van der Waals surface area contributed by atoms with Gasteiger partial charge in [0.25, 0.3) is 0 Å².